The van der Waals surface area contributed by atoms with Crippen molar-refractivity contribution in [3.8, 4) is 0 Å². The van der Waals surface area contributed by atoms with Crippen LogP contribution in [0, 0.1) is 0 Å². The van der Waals surface area contributed by atoms with Gasteiger partial charge in [0, 0.05) is 22.2 Å². The first kappa shape index (κ1) is 17.6. The lowest BCUT2D eigenvalue weighted by atomic mass is 10.0. The number of hydrogen-bond acceptors (Lipinski definition) is 3. The van der Waals surface area contributed by atoms with Crippen molar-refractivity contribution in [2.45, 2.75) is 25.5 Å². The number of hydrogen-bond donors (Lipinski definition) is 4. The van der Waals surface area contributed by atoms with E-state index < -0.39 is 24.1 Å². The number of nitrogens with one attached hydrogen (secondary N) is 2. The van der Waals surface area contributed by atoms with Crippen molar-refractivity contribution in [3.05, 3.63) is 33.8 Å². The molecule has 1 aromatic carbocycles. The van der Waals surface area contributed by atoms with Crippen LogP contribution < -0.4 is 10.6 Å². The third-order valence-electron chi connectivity index (χ3n) is 2.75. The van der Waals surface area contributed by atoms with Gasteiger partial charge in [0.15, 0.2) is 0 Å². The molecule has 1 aromatic rings. The average Bonchev–Trinajstić information content (AvgIpc) is 2.37. The molecule has 2 unspecified atom stereocenters. The molecule has 21 heavy (non-hydrogen) atoms. The quantitative estimate of drug-likeness (QED) is 0.640. The van der Waals surface area contributed by atoms with E-state index in [-0.39, 0.29) is 13.0 Å². The number of carboxylic acids is 1. The van der Waals surface area contributed by atoms with E-state index in [9.17, 15) is 14.7 Å². The summed E-state index contributed by atoms with van der Waals surface area (Å²) >= 11 is 12.0. The van der Waals surface area contributed by atoms with Crippen molar-refractivity contribution in [1.82, 2.24) is 10.6 Å². The zero-order valence-electron chi connectivity index (χ0n) is 11.3. The van der Waals surface area contributed by atoms with Crippen LogP contribution in [0.1, 0.15) is 25.0 Å². The lowest BCUT2D eigenvalue weighted by molar-refractivity contribution is -0.136. The number of rotatable bonds is 6. The van der Waals surface area contributed by atoms with Crippen LogP contribution in [0.4, 0.5) is 4.79 Å². The summed E-state index contributed by atoms with van der Waals surface area (Å²) in [4.78, 5) is 21.9. The molecule has 2 atom stereocenters. The second-order valence-corrected chi connectivity index (χ2v) is 5.23. The Morgan fingerprint density at radius 1 is 1.29 bits per heavy atom. The van der Waals surface area contributed by atoms with Crippen LogP contribution in [0.25, 0.3) is 0 Å². The molecule has 0 saturated carbocycles. The van der Waals surface area contributed by atoms with Crippen LogP contribution in [0.15, 0.2) is 18.2 Å². The van der Waals surface area contributed by atoms with Crippen LogP contribution in [-0.2, 0) is 4.79 Å². The van der Waals surface area contributed by atoms with Crippen LogP contribution in [-0.4, -0.2) is 34.8 Å². The highest BCUT2D eigenvalue weighted by Gasteiger charge is 2.22. The number of benzene rings is 1. The van der Waals surface area contributed by atoms with Crippen LogP contribution in [0.3, 0.4) is 0 Å². The minimum absolute atomic E-state index is 0.00314. The third-order valence-corrected chi connectivity index (χ3v) is 3.41. The first-order valence-corrected chi connectivity index (χ1v) is 6.96. The summed E-state index contributed by atoms with van der Waals surface area (Å²) in [5.74, 6) is -1.01. The lowest BCUT2D eigenvalue weighted by Crippen LogP contribution is -2.44. The highest BCUT2D eigenvalue weighted by atomic mass is 35.5. The van der Waals surface area contributed by atoms with Crippen LogP contribution in [0.5, 0.6) is 0 Å². The maximum Gasteiger partial charge on any atom is 0.315 e. The van der Waals surface area contributed by atoms with Gasteiger partial charge in [-0.2, -0.15) is 0 Å². The molecule has 0 aromatic heterocycles. The van der Waals surface area contributed by atoms with Crippen molar-refractivity contribution >= 4 is 35.2 Å². The van der Waals surface area contributed by atoms with Gasteiger partial charge in [-0.3, -0.25) is 4.79 Å². The molecule has 4 N–H and O–H groups in total. The summed E-state index contributed by atoms with van der Waals surface area (Å²) in [6.45, 7) is 1.58. The second kappa shape index (κ2) is 8.07. The molecule has 0 heterocycles. The Bertz CT molecular complexity index is 505. The van der Waals surface area contributed by atoms with Gasteiger partial charge in [-0.1, -0.05) is 29.3 Å². The first-order chi connectivity index (χ1) is 9.82. The first-order valence-electron chi connectivity index (χ1n) is 6.21. The van der Waals surface area contributed by atoms with Gasteiger partial charge in [-0.15, -0.1) is 0 Å². The lowest BCUT2D eigenvalue weighted by Gasteiger charge is -2.22. The largest absolute Gasteiger partial charge is 0.481 e. The highest BCUT2D eigenvalue weighted by molar-refractivity contribution is 6.36. The fourth-order valence-electron chi connectivity index (χ4n) is 1.66. The Labute approximate surface area is 132 Å². The summed E-state index contributed by atoms with van der Waals surface area (Å²) in [6.07, 6.45) is -1.27. The number of aliphatic hydroxyl groups is 1. The van der Waals surface area contributed by atoms with E-state index in [4.69, 9.17) is 28.3 Å². The number of urea groups is 1. The van der Waals surface area contributed by atoms with Gasteiger partial charge in [-0.05, 0) is 19.1 Å². The minimum atomic E-state index is -1.09. The molecule has 2 amide bonds. The normalized spacial score (nSPS) is 13.3. The molecule has 0 aliphatic rings. The van der Waals surface area contributed by atoms with Crippen molar-refractivity contribution in [1.29, 1.82) is 0 Å². The van der Waals surface area contributed by atoms with Crippen molar-refractivity contribution in [2.75, 3.05) is 6.54 Å². The van der Waals surface area contributed by atoms with Gasteiger partial charge in [0.2, 0.25) is 0 Å². The Morgan fingerprint density at radius 3 is 2.38 bits per heavy atom. The average molecular weight is 335 g/mol. The summed E-state index contributed by atoms with van der Waals surface area (Å²) in [5, 5.41) is 24.1. The Hall–Kier alpha value is -1.50. The number of amides is 2. The maximum atomic E-state index is 11.5. The Morgan fingerprint density at radius 2 is 1.86 bits per heavy atom. The predicted molar refractivity (Wildman–Crippen MR) is 79.7 cm³/mol. The number of carboxylic acid groups (broad SMARTS) is 1. The smallest absolute Gasteiger partial charge is 0.315 e. The molecular formula is C13H16Cl2N2O4. The SMILES string of the molecule is CC(NC(=O)NCCC(=O)O)C(O)c1c(Cl)cccc1Cl. The Kier molecular flexibility index (Phi) is 6.74. The summed E-state index contributed by atoms with van der Waals surface area (Å²) in [5.41, 5.74) is 0.333. The van der Waals surface area contributed by atoms with E-state index in [0.717, 1.165) is 0 Å². The summed E-state index contributed by atoms with van der Waals surface area (Å²) < 4.78 is 0. The molecule has 1 rings (SSSR count). The zero-order chi connectivity index (χ0) is 16.0. The van der Waals surface area contributed by atoms with Crippen LogP contribution >= 0.6 is 23.2 Å². The van der Waals surface area contributed by atoms with E-state index in [1.165, 1.54) is 0 Å². The number of aliphatic hydroxyl groups excluding tert-OH is 1. The van der Waals surface area contributed by atoms with Gasteiger partial charge in [0.25, 0.3) is 0 Å². The number of halogens is 2. The fraction of sp³-hybridized carbons (Fsp3) is 0.385. The molecule has 116 valence electrons. The van der Waals surface area contributed by atoms with Gasteiger partial charge < -0.3 is 20.8 Å². The number of aliphatic carboxylic acids is 1. The number of carbonyl (C=O) groups excluding carboxylic acids is 1. The molecule has 0 radical (unpaired) electrons. The van der Waals surface area contributed by atoms with Gasteiger partial charge in [-0.25, -0.2) is 4.79 Å². The molecule has 0 saturated heterocycles. The van der Waals surface area contributed by atoms with E-state index in [0.29, 0.717) is 15.6 Å². The second-order valence-electron chi connectivity index (χ2n) is 4.41. The minimum Gasteiger partial charge on any atom is -0.481 e. The van der Waals surface area contributed by atoms with Crippen molar-refractivity contribution in [2.24, 2.45) is 0 Å². The predicted octanol–water partition coefficient (Wildman–Crippen LogP) is 2.19. The van der Waals surface area contributed by atoms with E-state index in [1.807, 2.05) is 0 Å². The van der Waals surface area contributed by atoms with Crippen molar-refractivity contribution in [3.63, 3.8) is 0 Å². The third kappa shape index (κ3) is 5.41. The molecular weight excluding hydrogens is 319 g/mol. The van der Waals surface area contributed by atoms with E-state index in [1.54, 1.807) is 25.1 Å². The summed E-state index contributed by atoms with van der Waals surface area (Å²) in [6, 6.07) is 3.59. The monoisotopic (exact) mass is 334 g/mol. The van der Waals surface area contributed by atoms with Crippen molar-refractivity contribution < 1.29 is 19.8 Å². The van der Waals surface area contributed by atoms with Gasteiger partial charge in [0.05, 0.1) is 12.5 Å². The van der Waals surface area contributed by atoms with E-state index in [2.05, 4.69) is 10.6 Å². The van der Waals surface area contributed by atoms with Gasteiger partial charge in [0.1, 0.15) is 6.10 Å². The number of carbonyl (C=O) groups is 2. The molecule has 8 heteroatoms. The molecule has 0 spiro atoms. The topological polar surface area (TPSA) is 98.7 Å². The van der Waals surface area contributed by atoms with E-state index >= 15 is 0 Å². The fourth-order valence-corrected chi connectivity index (χ4v) is 2.28. The molecule has 0 bridgehead atoms. The molecule has 0 aliphatic carbocycles. The Balaban J connectivity index is 2.60. The van der Waals surface area contributed by atoms with Crippen LogP contribution in [0.2, 0.25) is 10.0 Å². The molecule has 0 aliphatic heterocycles. The zero-order valence-corrected chi connectivity index (χ0v) is 12.8. The molecule has 6 nitrogen and oxygen atoms in total. The van der Waals surface area contributed by atoms with Gasteiger partial charge >= 0.3 is 12.0 Å². The highest BCUT2D eigenvalue weighted by Crippen LogP contribution is 2.31. The standard InChI is InChI=1S/C13H16Cl2N2O4/c1-7(17-13(21)16-6-5-10(18)19)12(20)11-8(14)3-2-4-9(11)15/h2-4,7,12,20H,5-6H2,1H3,(H,18,19)(H2,16,17,21). The summed E-state index contributed by atoms with van der Waals surface area (Å²) in [7, 11) is 0. The maximum absolute atomic E-state index is 11.5. The molecule has 0 fully saturated rings.